The molecular weight excluding hydrogens is 332 g/mol. The Morgan fingerprint density at radius 1 is 0.958 bits per heavy atom. The third kappa shape index (κ3) is 5.81. The minimum atomic E-state index is -0.489. The number of hydrazine groups is 1. The van der Waals surface area contributed by atoms with Gasteiger partial charge in [-0.05, 0) is 42.8 Å². The fourth-order valence-corrected chi connectivity index (χ4v) is 2.02. The quantitative estimate of drug-likeness (QED) is 0.785. The molecule has 2 aromatic rings. The predicted octanol–water partition coefficient (Wildman–Crippen LogP) is 2.25. The topological polar surface area (TPSA) is 76.7 Å². The summed E-state index contributed by atoms with van der Waals surface area (Å²) in [4.78, 5) is 23.2. The van der Waals surface area contributed by atoms with Crippen LogP contribution in [0.1, 0.15) is 5.56 Å². The first-order valence-electron chi connectivity index (χ1n) is 7.19. The van der Waals surface area contributed by atoms with Gasteiger partial charge in [-0.2, -0.15) is 0 Å². The second kappa shape index (κ2) is 8.79. The minimum Gasteiger partial charge on any atom is -0.484 e. The molecule has 24 heavy (non-hydrogen) atoms. The Bertz CT molecular complexity index is 707. The van der Waals surface area contributed by atoms with E-state index in [4.69, 9.17) is 21.1 Å². The Balaban J connectivity index is 1.68. The second-order valence-electron chi connectivity index (χ2n) is 4.90. The Hall–Kier alpha value is -2.73. The smallest absolute Gasteiger partial charge is 0.276 e. The average molecular weight is 349 g/mol. The lowest BCUT2D eigenvalue weighted by molar-refractivity contribution is -0.131. The van der Waals surface area contributed by atoms with Gasteiger partial charge in [0.15, 0.2) is 13.2 Å². The summed E-state index contributed by atoms with van der Waals surface area (Å²) >= 11 is 5.84. The molecule has 2 aromatic carbocycles. The molecule has 0 aromatic heterocycles. The van der Waals surface area contributed by atoms with Crippen molar-refractivity contribution in [2.75, 3.05) is 13.2 Å². The van der Waals surface area contributed by atoms with E-state index >= 15 is 0 Å². The van der Waals surface area contributed by atoms with Crippen molar-refractivity contribution >= 4 is 23.4 Å². The van der Waals surface area contributed by atoms with Crippen LogP contribution in [0, 0.1) is 6.92 Å². The number of benzene rings is 2. The number of amides is 2. The van der Waals surface area contributed by atoms with Gasteiger partial charge in [0.25, 0.3) is 11.8 Å². The van der Waals surface area contributed by atoms with E-state index in [9.17, 15) is 9.59 Å². The van der Waals surface area contributed by atoms with Crippen molar-refractivity contribution in [3.05, 3.63) is 59.1 Å². The van der Waals surface area contributed by atoms with Gasteiger partial charge in [0.1, 0.15) is 11.5 Å². The van der Waals surface area contributed by atoms with Crippen LogP contribution in [-0.4, -0.2) is 25.0 Å². The fraction of sp³-hybridized carbons (Fsp3) is 0.176. The Labute approximate surface area is 144 Å². The van der Waals surface area contributed by atoms with E-state index in [1.165, 1.54) is 0 Å². The lowest BCUT2D eigenvalue weighted by Crippen LogP contribution is -2.45. The van der Waals surface area contributed by atoms with E-state index in [2.05, 4.69) is 10.9 Å². The number of carbonyl (C=O) groups is 2. The van der Waals surface area contributed by atoms with Crippen LogP contribution < -0.4 is 20.3 Å². The second-order valence-corrected chi connectivity index (χ2v) is 5.33. The number of halogens is 1. The van der Waals surface area contributed by atoms with Gasteiger partial charge in [-0.25, -0.2) is 0 Å². The molecule has 0 unspecified atom stereocenters. The van der Waals surface area contributed by atoms with Gasteiger partial charge in [-0.1, -0.05) is 29.8 Å². The summed E-state index contributed by atoms with van der Waals surface area (Å²) in [7, 11) is 0. The molecule has 0 saturated heterocycles. The molecule has 0 aliphatic heterocycles. The zero-order valence-electron chi connectivity index (χ0n) is 13.0. The van der Waals surface area contributed by atoms with Crippen LogP contribution in [0.25, 0.3) is 0 Å². The van der Waals surface area contributed by atoms with E-state index in [0.717, 1.165) is 5.56 Å². The van der Waals surface area contributed by atoms with Gasteiger partial charge in [0.05, 0.1) is 0 Å². The van der Waals surface area contributed by atoms with Crippen molar-refractivity contribution in [2.24, 2.45) is 0 Å². The van der Waals surface area contributed by atoms with E-state index < -0.39 is 11.8 Å². The maximum absolute atomic E-state index is 11.7. The van der Waals surface area contributed by atoms with Crippen LogP contribution in [-0.2, 0) is 9.59 Å². The molecule has 0 bridgehead atoms. The van der Waals surface area contributed by atoms with Crippen LogP contribution in [0.3, 0.4) is 0 Å². The summed E-state index contributed by atoms with van der Waals surface area (Å²) in [6.07, 6.45) is 0. The zero-order chi connectivity index (χ0) is 17.4. The number of para-hydroxylation sites is 1. The van der Waals surface area contributed by atoms with Gasteiger partial charge in [0.2, 0.25) is 0 Å². The Morgan fingerprint density at radius 3 is 2.21 bits per heavy atom. The van der Waals surface area contributed by atoms with Crippen molar-refractivity contribution in [1.29, 1.82) is 0 Å². The fourth-order valence-electron chi connectivity index (χ4n) is 1.80. The first kappa shape index (κ1) is 17.6. The number of nitrogens with one attached hydrogen (secondary N) is 2. The summed E-state index contributed by atoms with van der Waals surface area (Å²) in [5.41, 5.74) is 5.31. The first-order valence-corrected chi connectivity index (χ1v) is 7.57. The Kier molecular flexibility index (Phi) is 6.45. The van der Waals surface area contributed by atoms with Gasteiger partial charge in [-0.15, -0.1) is 0 Å². The SMILES string of the molecule is Cc1cc(Cl)ccc1OCC(=O)NNC(=O)COc1ccccc1. The molecule has 0 saturated carbocycles. The molecule has 0 aliphatic rings. The molecule has 7 heteroatoms. The van der Waals surface area contributed by atoms with Crippen LogP contribution in [0.4, 0.5) is 0 Å². The highest BCUT2D eigenvalue weighted by Crippen LogP contribution is 2.21. The zero-order valence-corrected chi connectivity index (χ0v) is 13.8. The first-order chi connectivity index (χ1) is 11.5. The molecule has 0 heterocycles. The molecule has 0 spiro atoms. The van der Waals surface area contributed by atoms with Gasteiger partial charge in [0, 0.05) is 5.02 Å². The monoisotopic (exact) mass is 348 g/mol. The summed E-state index contributed by atoms with van der Waals surface area (Å²) in [6, 6.07) is 14.0. The highest BCUT2D eigenvalue weighted by Gasteiger charge is 2.07. The van der Waals surface area contributed by atoms with Crippen molar-refractivity contribution in [2.45, 2.75) is 6.92 Å². The molecular formula is C17H17ClN2O4. The number of rotatable bonds is 6. The highest BCUT2D eigenvalue weighted by molar-refractivity contribution is 6.30. The number of aryl methyl sites for hydroxylation is 1. The lowest BCUT2D eigenvalue weighted by Gasteiger charge is -2.11. The molecule has 2 N–H and O–H groups in total. The number of carbonyl (C=O) groups excluding carboxylic acids is 2. The largest absolute Gasteiger partial charge is 0.484 e. The number of ether oxygens (including phenoxy) is 2. The molecule has 6 nitrogen and oxygen atoms in total. The van der Waals surface area contributed by atoms with Gasteiger partial charge in [-0.3, -0.25) is 20.4 Å². The van der Waals surface area contributed by atoms with Gasteiger partial charge < -0.3 is 9.47 Å². The summed E-state index contributed by atoms with van der Waals surface area (Å²) in [6.45, 7) is 1.38. The van der Waals surface area contributed by atoms with Crippen LogP contribution in [0.2, 0.25) is 5.02 Å². The summed E-state index contributed by atoms with van der Waals surface area (Å²) in [5, 5.41) is 0.593. The normalized spacial score (nSPS) is 9.92. The third-order valence-electron chi connectivity index (χ3n) is 2.95. The van der Waals surface area contributed by atoms with Crippen molar-refractivity contribution < 1.29 is 19.1 Å². The average Bonchev–Trinajstić information content (AvgIpc) is 2.58. The molecule has 0 radical (unpaired) electrons. The van der Waals surface area contributed by atoms with E-state index in [0.29, 0.717) is 16.5 Å². The van der Waals surface area contributed by atoms with E-state index in [1.54, 1.807) is 42.5 Å². The van der Waals surface area contributed by atoms with Crippen molar-refractivity contribution in [3.63, 3.8) is 0 Å². The molecule has 0 fully saturated rings. The van der Waals surface area contributed by atoms with E-state index in [1.807, 2.05) is 13.0 Å². The van der Waals surface area contributed by atoms with Gasteiger partial charge >= 0.3 is 0 Å². The predicted molar refractivity (Wildman–Crippen MR) is 89.9 cm³/mol. The molecule has 126 valence electrons. The molecule has 2 amide bonds. The molecule has 0 aliphatic carbocycles. The van der Waals surface area contributed by atoms with Crippen molar-refractivity contribution in [3.8, 4) is 11.5 Å². The molecule has 0 atom stereocenters. The maximum atomic E-state index is 11.7. The third-order valence-corrected chi connectivity index (χ3v) is 3.19. The van der Waals surface area contributed by atoms with Crippen LogP contribution in [0.15, 0.2) is 48.5 Å². The summed E-state index contributed by atoms with van der Waals surface area (Å²) in [5.74, 6) is 0.154. The number of hydrogen-bond donors (Lipinski definition) is 2. The highest BCUT2D eigenvalue weighted by atomic mass is 35.5. The van der Waals surface area contributed by atoms with Crippen molar-refractivity contribution in [1.82, 2.24) is 10.9 Å². The van der Waals surface area contributed by atoms with Crippen LogP contribution in [0.5, 0.6) is 11.5 Å². The Morgan fingerprint density at radius 2 is 1.58 bits per heavy atom. The molecule has 2 rings (SSSR count). The maximum Gasteiger partial charge on any atom is 0.276 e. The number of hydrogen-bond acceptors (Lipinski definition) is 4. The lowest BCUT2D eigenvalue weighted by atomic mass is 10.2. The standard InChI is InChI=1S/C17H17ClN2O4/c1-12-9-13(18)7-8-15(12)24-11-17(22)20-19-16(21)10-23-14-5-3-2-4-6-14/h2-9H,10-11H2,1H3,(H,19,21)(H,20,22). The minimum absolute atomic E-state index is 0.207. The van der Waals surface area contributed by atoms with E-state index in [-0.39, 0.29) is 13.2 Å². The summed E-state index contributed by atoms with van der Waals surface area (Å²) < 4.78 is 10.6. The van der Waals surface area contributed by atoms with Crippen LogP contribution >= 0.6 is 11.6 Å².